The standard InChI is InChI=1S/C20H19NO7S.C19H16O5.C12H5BrO3.C7H12O2.CH4.HI.H3NO.H2/c1-3-4-12-27-17(22)11-9-13-8-10-16-18-14(13)6-5-7-15(18)19(23)21(20(16)24)28-29(2,25)26;1-2-3-11-23-16(20)10-8-12-7-9-15-17-13(12)5-4-6-14(17)18(21)24-19(15)22;13-9-5-4-8-10-6(9)2-1-3-7(10)11(14)16-12(8)15;1-3-5-6-9-7(8)4-2;;;1-2;/h5-11H,3-4,12H2,1-2H3;4-10H,2-3,11H2,1H3;1-5H;4H,2-3,5-6H2,1H3;1H4;1H;2H,1H2;1H/b11-9+;10-8+;;;;;;/i;;;;;;;1+1/hD. The van der Waals surface area contributed by atoms with Gasteiger partial charge in [-0.1, -0.05) is 119 Å². The van der Waals surface area contributed by atoms with Crippen LogP contribution >= 0.6 is 39.7 Å². The molecular formula is C59H62BrIN2O18S. The van der Waals surface area contributed by atoms with Gasteiger partial charge in [-0.3, -0.25) is 9.59 Å². The third-order valence-corrected chi connectivity index (χ3v) is 12.7. The highest BCUT2D eigenvalue weighted by Gasteiger charge is 2.37. The van der Waals surface area contributed by atoms with Crippen LogP contribution in [-0.2, 0) is 52.5 Å². The summed E-state index contributed by atoms with van der Waals surface area (Å²) < 4.78 is 58.2. The van der Waals surface area contributed by atoms with Crippen LogP contribution < -0.4 is 5.90 Å². The Morgan fingerprint density at radius 3 is 1.35 bits per heavy atom. The first-order valence-corrected chi connectivity index (χ1v) is 27.3. The molecule has 0 aromatic heterocycles. The number of nitrogens with zero attached hydrogens (tertiary/aromatic N) is 1. The Labute approximate surface area is 500 Å². The second-order valence-electron chi connectivity index (χ2n) is 17.2. The highest BCUT2D eigenvalue weighted by molar-refractivity contribution is 14.0. The number of rotatable bonds is 16. The predicted octanol–water partition coefficient (Wildman–Crippen LogP) is 11.5. The Morgan fingerprint density at radius 1 is 0.598 bits per heavy atom. The summed E-state index contributed by atoms with van der Waals surface area (Å²) in [5.41, 5.74) is 3.16. The number of carbonyl (C=O) groups is 9. The number of hydrogen-bond acceptors (Lipinski definition) is 19. The summed E-state index contributed by atoms with van der Waals surface area (Å²) in [6.07, 6.45) is 13.2. The molecule has 3 N–H and O–H groups in total. The number of esters is 7. The van der Waals surface area contributed by atoms with E-state index in [2.05, 4.69) is 42.2 Å². The van der Waals surface area contributed by atoms with Gasteiger partial charge in [-0.25, -0.2) is 39.5 Å². The smallest absolute Gasteiger partial charge is 0.346 e. The lowest BCUT2D eigenvalue weighted by Crippen LogP contribution is -2.41. The second kappa shape index (κ2) is 32.6. The summed E-state index contributed by atoms with van der Waals surface area (Å²) in [6, 6.07) is 25.0. The van der Waals surface area contributed by atoms with Crippen LogP contribution in [0.2, 0.25) is 0 Å². The summed E-state index contributed by atoms with van der Waals surface area (Å²) in [6.45, 7) is 10.6. The van der Waals surface area contributed by atoms with E-state index in [1.54, 1.807) is 84.9 Å². The number of imide groups is 1. The molecule has 20 nitrogen and oxygen atoms in total. The zero-order valence-electron chi connectivity index (χ0n) is 45.2. The molecule has 0 saturated carbocycles. The molecule has 82 heavy (non-hydrogen) atoms. The molecule has 0 fully saturated rings. The van der Waals surface area contributed by atoms with E-state index in [9.17, 15) is 51.6 Å². The van der Waals surface area contributed by atoms with Gasteiger partial charge in [0.1, 0.15) is 0.594 Å². The summed E-state index contributed by atoms with van der Waals surface area (Å²) in [5, 5.41) is 10.5. The Morgan fingerprint density at radius 2 is 0.939 bits per heavy atom. The SMILES string of the molecule is C.C=CC(=O)OCCCC.CCCCOC(=O)/C=C/c1ccc2c3c(cccc13)C(=O)N(OS(C)(=O)=O)C2=O.CCCCOC(=O)/C=C/c1ccc2c3c(cccc13)C(=O)OC2=O.NO.O=C1OC(=O)c2ccc(Br)c3cccc1c23.[2HH].[2H]I. The molecule has 6 aromatic carbocycles. The number of halogens is 2. The average molecular weight is 1330 g/mol. The number of hydrogen-bond donors (Lipinski definition) is 2. The summed E-state index contributed by atoms with van der Waals surface area (Å²) in [5.74, 6) is -1.96. The largest absolute Gasteiger partial charge is 0.463 e. The maximum Gasteiger partial charge on any atom is 0.346 e. The first-order valence-electron chi connectivity index (χ1n) is 25.1. The number of hydroxylamine groups is 2. The Balaban J connectivity index is 0.000000395. The van der Waals surface area contributed by atoms with Gasteiger partial charge in [0.15, 0.2) is 0 Å². The van der Waals surface area contributed by atoms with Crippen molar-refractivity contribution in [3.05, 3.63) is 165 Å². The zero-order valence-corrected chi connectivity index (χ0v) is 48.8. The van der Waals surface area contributed by atoms with E-state index in [1.165, 1.54) is 54.1 Å². The number of cyclic esters (lactones) is 4. The summed E-state index contributed by atoms with van der Waals surface area (Å²) in [7, 11) is -4.08. The minimum atomic E-state index is -4.08. The van der Waals surface area contributed by atoms with Crippen LogP contribution in [0.3, 0.4) is 0 Å². The predicted molar refractivity (Wildman–Crippen MR) is 322 cm³/mol. The fourth-order valence-corrected chi connectivity index (χ4v) is 8.75. The van der Waals surface area contributed by atoms with E-state index < -0.39 is 57.7 Å². The zero-order chi connectivity index (χ0) is 60.7. The fraction of sp³-hybridized carbons (Fsp3) is 0.237. The minimum Gasteiger partial charge on any atom is -0.463 e. The van der Waals surface area contributed by atoms with E-state index >= 15 is 0 Å². The van der Waals surface area contributed by atoms with Crippen molar-refractivity contribution < 1.29 is 86.2 Å². The molecule has 3 aliphatic heterocycles. The Hall–Kier alpha value is -7.81. The Kier molecular flexibility index (Phi) is 26.5. The molecule has 0 saturated heterocycles. The number of benzene rings is 6. The van der Waals surface area contributed by atoms with E-state index in [1.807, 2.05) is 26.8 Å². The molecule has 0 unspecified atom stereocenters. The highest BCUT2D eigenvalue weighted by atomic mass is 127. The number of ether oxygens (including phenoxy) is 5. The van der Waals surface area contributed by atoms with E-state index in [-0.39, 0.29) is 31.0 Å². The van der Waals surface area contributed by atoms with Crippen molar-refractivity contribution in [2.75, 3.05) is 26.1 Å². The molecule has 0 bridgehead atoms. The number of nitrogens with two attached hydrogens (primary N) is 1. The number of carbonyl (C=O) groups excluding carboxylic acids is 9. The molecule has 0 radical (unpaired) electrons. The Bertz CT molecular complexity index is 3550. The van der Waals surface area contributed by atoms with Gasteiger partial charge in [-0.2, -0.15) is 8.42 Å². The molecule has 23 heteroatoms. The normalized spacial score (nSPS) is 12.7. The molecule has 9 rings (SSSR count). The van der Waals surface area contributed by atoms with Crippen LogP contribution in [0.25, 0.3) is 44.5 Å². The lowest BCUT2D eigenvalue weighted by molar-refractivity contribution is -0.138. The van der Waals surface area contributed by atoms with Gasteiger partial charge >= 0.3 is 41.8 Å². The molecule has 0 spiro atoms. The lowest BCUT2D eigenvalue weighted by atomic mass is 9.92. The van der Waals surface area contributed by atoms with Crippen LogP contribution in [0.15, 0.2) is 120 Å². The van der Waals surface area contributed by atoms with Crippen molar-refractivity contribution in [2.24, 2.45) is 5.90 Å². The number of unbranched alkanes of at least 4 members (excludes halogenated alkanes) is 3. The summed E-state index contributed by atoms with van der Waals surface area (Å²) in [4.78, 5) is 106. The summed E-state index contributed by atoms with van der Waals surface area (Å²) >= 11 is 4.79. The van der Waals surface area contributed by atoms with Crippen LogP contribution in [-0.4, -0.2) is 99.0 Å². The third kappa shape index (κ3) is 17.4. The maximum atomic E-state index is 12.6. The fourth-order valence-electron chi connectivity index (χ4n) is 7.88. The van der Waals surface area contributed by atoms with Crippen LogP contribution in [0.5, 0.6) is 0 Å². The van der Waals surface area contributed by atoms with Crippen LogP contribution in [0.4, 0.5) is 0 Å². The molecule has 0 atom stereocenters. The van der Waals surface area contributed by atoms with Gasteiger partial charge in [0.2, 0.25) is 0 Å². The first kappa shape index (κ1) is 66.7. The van der Waals surface area contributed by atoms with Crippen LogP contribution in [0.1, 0.15) is 141 Å². The molecule has 6 aromatic rings. The van der Waals surface area contributed by atoms with Crippen LogP contribution in [0, 0.1) is 0 Å². The van der Waals surface area contributed by atoms with Crippen molar-refractivity contribution in [3.8, 4) is 0 Å². The van der Waals surface area contributed by atoms with Gasteiger partial charge in [0.25, 0.3) is 21.9 Å². The molecule has 0 aliphatic carbocycles. The first-order chi connectivity index (χ1) is 39.3. The van der Waals surface area contributed by atoms with Gasteiger partial charge in [0.05, 0.1) is 59.5 Å². The lowest BCUT2D eigenvalue weighted by Gasteiger charge is -2.25. The van der Waals surface area contributed by atoms with Gasteiger partial charge in [-0.05, 0) is 101 Å². The highest BCUT2D eigenvalue weighted by Crippen LogP contribution is 2.35. The van der Waals surface area contributed by atoms with Crippen molar-refractivity contribution in [1.82, 2.24) is 5.06 Å². The molecular weight excluding hydrogens is 1260 g/mol. The van der Waals surface area contributed by atoms with Crippen molar-refractivity contribution in [1.29, 1.82) is 0.594 Å². The van der Waals surface area contributed by atoms with E-state index in [0.29, 0.717) is 74.6 Å². The average Bonchev–Trinajstić information content (AvgIpc) is 3.52. The molecule has 436 valence electrons. The molecule has 2 amide bonds. The molecule has 3 aliphatic rings. The quantitative estimate of drug-likeness (QED) is 0.0133. The minimum absolute atomic E-state index is 0. The third-order valence-electron chi connectivity index (χ3n) is 11.6. The van der Waals surface area contributed by atoms with Gasteiger partial charge < -0.3 is 28.9 Å². The van der Waals surface area contributed by atoms with Crippen molar-refractivity contribution >= 4 is 148 Å². The molecule has 3 heterocycles. The van der Waals surface area contributed by atoms with Crippen molar-refractivity contribution in [2.45, 2.75) is 66.7 Å². The van der Waals surface area contributed by atoms with E-state index in [4.69, 9.17) is 20.0 Å². The van der Waals surface area contributed by atoms with Crippen molar-refractivity contribution in [3.63, 3.8) is 0 Å². The monoisotopic (exact) mass is 1330 g/mol. The maximum absolute atomic E-state index is 12.6. The second-order valence-corrected chi connectivity index (χ2v) is 19.6. The topological polar surface area (TPSA) is 293 Å². The van der Waals surface area contributed by atoms with Gasteiger partial charge in [0, 0.05) is 40.3 Å². The van der Waals surface area contributed by atoms with Gasteiger partial charge in [-0.15, -0.1) is 33.1 Å². The number of amides is 2. The van der Waals surface area contributed by atoms with E-state index in [0.717, 1.165) is 60.2 Å².